The zero-order valence-corrected chi connectivity index (χ0v) is 15.0. The lowest BCUT2D eigenvalue weighted by atomic mass is 9.93. The fourth-order valence-corrected chi connectivity index (χ4v) is 3.47. The number of carbonyl (C=O) groups is 1. The number of aromatic nitrogens is 2. The maximum atomic E-state index is 11.7. The summed E-state index contributed by atoms with van der Waals surface area (Å²) in [5.41, 5.74) is 5.66. The second-order valence-corrected chi connectivity index (χ2v) is 6.94. The molecule has 144 valence electrons. The van der Waals surface area contributed by atoms with Gasteiger partial charge in [-0.05, 0) is 32.1 Å². The van der Waals surface area contributed by atoms with Crippen LogP contribution >= 0.6 is 0 Å². The molecule has 9 heteroatoms. The van der Waals surface area contributed by atoms with Crippen LogP contribution in [0.25, 0.3) is 0 Å². The molecule has 2 heterocycles. The lowest BCUT2D eigenvalue weighted by molar-refractivity contribution is -0.0117. The highest BCUT2D eigenvalue weighted by Crippen LogP contribution is 2.24. The number of primary amides is 1. The zero-order valence-electron chi connectivity index (χ0n) is 15.0. The number of hydrogen-bond acceptors (Lipinski definition) is 8. The highest BCUT2D eigenvalue weighted by molar-refractivity contribution is 5.97. The SMILES string of the molecule is CO[C@H]1CC[C@H](Nc2ncc(C(N)=O)c(NC3COCC(O)C3)n2)CC1. The number of aliphatic hydroxyl groups excluding tert-OH is 1. The van der Waals surface area contributed by atoms with Crippen molar-refractivity contribution in [3.8, 4) is 0 Å². The molecule has 0 bridgehead atoms. The summed E-state index contributed by atoms with van der Waals surface area (Å²) >= 11 is 0. The Morgan fingerprint density at radius 1 is 1.27 bits per heavy atom. The first-order valence-corrected chi connectivity index (χ1v) is 9.03. The summed E-state index contributed by atoms with van der Waals surface area (Å²) in [5, 5.41) is 16.2. The van der Waals surface area contributed by atoms with Crippen LogP contribution < -0.4 is 16.4 Å². The third-order valence-electron chi connectivity index (χ3n) is 4.92. The van der Waals surface area contributed by atoms with E-state index in [0.29, 0.717) is 37.5 Å². The number of methoxy groups -OCH3 is 1. The first-order valence-electron chi connectivity index (χ1n) is 9.03. The number of nitrogens with one attached hydrogen (secondary N) is 2. The molecule has 0 spiro atoms. The van der Waals surface area contributed by atoms with Crippen molar-refractivity contribution in [1.82, 2.24) is 9.97 Å². The van der Waals surface area contributed by atoms with Crippen molar-refractivity contribution in [2.24, 2.45) is 5.73 Å². The van der Waals surface area contributed by atoms with E-state index < -0.39 is 12.0 Å². The second-order valence-electron chi connectivity index (χ2n) is 6.94. The topological polar surface area (TPSA) is 132 Å². The Kier molecular flexibility index (Phi) is 6.23. The summed E-state index contributed by atoms with van der Waals surface area (Å²) in [7, 11) is 1.74. The summed E-state index contributed by atoms with van der Waals surface area (Å²) < 4.78 is 10.7. The number of amides is 1. The predicted molar refractivity (Wildman–Crippen MR) is 96.1 cm³/mol. The Labute approximate surface area is 152 Å². The van der Waals surface area contributed by atoms with E-state index in [1.165, 1.54) is 6.20 Å². The molecule has 26 heavy (non-hydrogen) atoms. The summed E-state index contributed by atoms with van der Waals surface area (Å²) in [5.74, 6) is 0.218. The molecule has 5 N–H and O–H groups in total. The first kappa shape index (κ1) is 18.8. The van der Waals surface area contributed by atoms with Crippen LogP contribution in [0.4, 0.5) is 11.8 Å². The van der Waals surface area contributed by atoms with Crippen molar-refractivity contribution in [2.45, 2.75) is 56.4 Å². The lowest BCUT2D eigenvalue weighted by Gasteiger charge is -2.29. The molecule has 1 aliphatic heterocycles. The van der Waals surface area contributed by atoms with Gasteiger partial charge in [0.25, 0.3) is 5.91 Å². The fourth-order valence-electron chi connectivity index (χ4n) is 3.47. The molecule has 1 aromatic heterocycles. The van der Waals surface area contributed by atoms with E-state index in [-0.39, 0.29) is 17.6 Å². The third kappa shape index (κ3) is 4.80. The van der Waals surface area contributed by atoms with Crippen molar-refractivity contribution in [1.29, 1.82) is 0 Å². The van der Waals surface area contributed by atoms with Crippen LogP contribution in [0, 0.1) is 0 Å². The Bertz CT molecular complexity index is 621. The molecule has 2 atom stereocenters. The van der Waals surface area contributed by atoms with Crippen molar-refractivity contribution >= 4 is 17.7 Å². The maximum absolute atomic E-state index is 11.7. The van der Waals surface area contributed by atoms with Gasteiger partial charge in [-0.15, -0.1) is 0 Å². The average Bonchev–Trinajstić information content (AvgIpc) is 2.62. The predicted octanol–water partition coefficient (Wildman–Crippen LogP) is 0.507. The van der Waals surface area contributed by atoms with Crippen LogP contribution in [-0.4, -0.2) is 65.6 Å². The Morgan fingerprint density at radius 2 is 2.04 bits per heavy atom. The van der Waals surface area contributed by atoms with E-state index in [4.69, 9.17) is 15.2 Å². The minimum atomic E-state index is -0.600. The number of anilines is 2. The number of rotatable bonds is 6. The van der Waals surface area contributed by atoms with Gasteiger partial charge in [-0.3, -0.25) is 4.79 Å². The molecule has 1 aliphatic carbocycles. The molecule has 2 unspecified atom stereocenters. The summed E-state index contributed by atoms with van der Waals surface area (Å²) in [4.78, 5) is 20.4. The highest BCUT2D eigenvalue weighted by atomic mass is 16.5. The molecule has 9 nitrogen and oxygen atoms in total. The van der Waals surface area contributed by atoms with Crippen LogP contribution in [0.3, 0.4) is 0 Å². The minimum absolute atomic E-state index is 0.142. The Hall–Kier alpha value is -1.97. The number of carbonyl (C=O) groups excluding carboxylic acids is 1. The fraction of sp³-hybridized carbons (Fsp3) is 0.706. The molecule has 1 amide bonds. The van der Waals surface area contributed by atoms with Gasteiger partial charge in [-0.25, -0.2) is 4.98 Å². The zero-order chi connectivity index (χ0) is 18.5. The van der Waals surface area contributed by atoms with Crippen LogP contribution in [0.2, 0.25) is 0 Å². The summed E-state index contributed by atoms with van der Waals surface area (Å²) in [6.45, 7) is 0.755. The quantitative estimate of drug-likeness (QED) is 0.573. The van der Waals surface area contributed by atoms with Crippen LogP contribution in [0.1, 0.15) is 42.5 Å². The lowest BCUT2D eigenvalue weighted by Crippen LogP contribution is -2.38. The molecule has 1 aromatic rings. The number of hydrogen-bond donors (Lipinski definition) is 4. The Morgan fingerprint density at radius 3 is 2.69 bits per heavy atom. The van der Waals surface area contributed by atoms with E-state index in [2.05, 4.69) is 20.6 Å². The average molecular weight is 365 g/mol. The molecule has 1 saturated heterocycles. The highest BCUT2D eigenvalue weighted by Gasteiger charge is 2.24. The van der Waals surface area contributed by atoms with Crippen molar-refractivity contribution in [2.75, 3.05) is 31.0 Å². The molecule has 1 saturated carbocycles. The van der Waals surface area contributed by atoms with Gasteiger partial charge in [0, 0.05) is 19.3 Å². The number of ether oxygens (including phenoxy) is 2. The number of nitrogens with zero attached hydrogens (tertiary/aromatic N) is 2. The van der Waals surface area contributed by atoms with Gasteiger partial charge in [0.15, 0.2) is 0 Å². The van der Waals surface area contributed by atoms with Gasteiger partial charge in [0.1, 0.15) is 5.82 Å². The summed E-state index contributed by atoms with van der Waals surface area (Å²) in [6, 6.07) is 0.130. The number of nitrogens with two attached hydrogens (primary N) is 1. The van der Waals surface area contributed by atoms with Crippen LogP contribution in [-0.2, 0) is 9.47 Å². The monoisotopic (exact) mass is 365 g/mol. The van der Waals surface area contributed by atoms with Gasteiger partial charge in [0.2, 0.25) is 5.95 Å². The van der Waals surface area contributed by atoms with E-state index in [9.17, 15) is 9.90 Å². The van der Waals surface area contributed by atoms with E-state index >= 15 is 0 Å². The van der Waals surface area contributed by atoms with Crippen molar-refractivity contribution in [3.05, 3.63) is 11.8 Å². The van der Waals surface area contributed by atoms with Gasteiger partial charge in [-0.1, -0.05) is 0 Å². The summed E-state index contributed by atoms with van der Waals surface area (Å²) in [6.07, 6.45) is 5.68. The molecule has 0 aromatic carbocycles. The molecular formula is C17H27N5O4. The third-order valence-corrected chi connectivity index (χ3v) is 4.92. The minimum Gasteiger partial charge on any atom is -0.391 e. The first-order chi connectivity index (χ1) is 12.5. The molecule has 3 rings (SSSR count). The van der Waals surface area contributed by atoms with Gasteiger partial charge >= 0.3 is 0 Å². The number of aliphatic hydroxyl groups is 1. The van der Waals surface area contributed by atoms with Crippen molar-refractivity contribution in [3.63, 3.8) is 0 Å². The standard InChI is InChI=1S/C17H27N5O4/c1-25-13-4-2-10(3-5-13)21-17-19-7-14(15(18)24)16(22-17)20-11-6-12(23)9-26-8-11/h7,10-13,23H,2-6,8-9H2,1H3,(H2,18,24)(H2,19,20,21,22)/t10-,11?,12?,13-. The maximum Gasteiger partial charge on any atom is 0.254 e. The molecule has 2 aliphatic rings. The van der Waals surface area contributed by atoms with Gasteiger partial charge < -0.3 is 30.9 Å². The largest absolute Gasteiger partial charge is 0.391 e. The van der Waals surface area contributed by atoms with Crippen LogP contribution in [0.15, 0.2) is 6.20 Å². The second kappa shape index (κ2) is 8.61. The smallest absolute Gasteiger partial charge is 0.254 e. The normalized spacial score (nSPS) is 29.2. The molecule has 0 radical (unpaired) electrons. The van der Waals surface area contributed by atoms with Crippen molar-refractivity contribution < 1.29 is 19.4 Å². The van der Waals surface area contributed by atoms with Gasteiger partial charge in [0.05, 0.1) is 37.0 Å². The van der Waals surface area contributed by atoms with E-state index in [0.717, 1.165) is 25.7 Å². The molecular weight excluding hydrogens is 338 g/mol. The molecule has 2 fully saturated rings. The van der Waals surface area contributed by atoms with Crippen LogP contribution in [0.5, 0.6) is 0 Å². The Balaban J connectivity index is 1.68. The van der Waals surface area contributed by atoms with E-state index in [1.807, 2.05) is 0 Å². The van der Waals surface area contributed by atoms with E-state index in [1.54, 1.807) is 7.11 Å². The van der Waals surface area contributed by atoms with Gasteiger partial charge in [-0.2, -0.15) is 4.98 Å².